The molecular formula is C22H33N7O4. The van der Waals surface area contributed by atoms with Gasteiger partial charge in [0, 0.05) is 44.9 Å². The molecule has 1 aromatic carbocycles. The van der Waals surface area contributed by atoms with E-state index in [0.29, 0.717) is 24.5 Å². The third-order valence-electron chi connectivity index (χ3n) is 5.08. The molecular weight excluding hydrogens is 426 g/mol. The van der Waals surface area contributed by atoms with Gasteiger partial charge in [-0.2, -0.15) is 0 Å². The Bertz CT molecular complexity index is 900. The van der Waals surface area contributed by atoms with Crippen molar-refractivity contribution in [3.63, 3.8) is 0 Å². The van der Waals surface area contributed by atoms with E-state index < -0.39 is 29.9 Å². The maximum absolute atomic E-state index is 13.1. The zero-order valence-corrected chi connectivity index (χ0v) is 19.5. The highest BCUT2D eigenvalue weighted by atomic mass is 16.5. The minimum absolute atomic E-state index is 0.160. The molecule has 1 heterocycles. The highest BCUT2D eigenvalue weighted by Crippen LogP contribution is 2.13. The number of benzene rings is 1. The van der Waals surface area contributed by atoms with Crippen molar-refractivity contribution in [1.29, 1.82) is 0 Å². The van der Waals surface area contributed by atoms with Crippen molar-refractivity contribution < 1.29 is 19.1 Å². The minimum Gasteiger partial charge on any atom is -0.497 e. The average molecular weight is 460 g/mol. The number of nitrogens with one attached hydrogen (secondary N) is 3. The summed E-state index contributed by atoms with van der Waals surface area (Å²) >= 11 is 0. The number of primary amides is 1. The topological polar surface area (TPSA) is 146 Å². The summed E-state index contributed by atoms with van der Waals surface area (Å²) in [5.74, 6) is -0.514. The summed E-state index contributed by atoms with van der Waals surface area (Å²) in [5, 5.41) is 5.44. The standard InChI is InChI=1S/C22H33N7O4/c1-28(2)9-10-29(3)22(32)27-19(11-15-5-7-17(33-4)8-6-15)21(31)26-18(20(23)30)12-16-13-24-14-25-16/h5-8,13-14,18-19H,9-12H2,1-4H3,(H2,23,30)(H,24,25)(H,26,31)(H,27,32)/t18-,19-/m0/s1. The first-order valence-electron chi connectivity index (χ1n) is 10.6. The number of carbonyl (C=O) groups is 3. The van der Waals surface area contributed by atoms with Crippen LogP contribution in [0, 0.1) is 0 Å². The van der Waals surface area contributed by atoms with Crippen LogP contribution in [0.15, 0.2) is 36.8 Å². The smallest absolute Gasteiger partial charge is 0.317 e. The number of nitrogens with two attached hydrogens (primary N) is 1. The fourth-order valence-electron chi connectivity index (χ4n) is 3.03. The Hall–Kier alpha value is -3.60. The van der Waals surface area contributed by atoms with Crippen LogP contribution in [0.2, 0.25) is 0 Å². The Morgan fingerprint density at radius 2 is 1.76 bits per heavy atom. The number of amides is 4. The number of rotatable bonds is 12. The van der Waals surface area contributed by atoms with Crippen LogP contribution in [-0.2, 0) is 22.4 Å². The molecule has 0 bridgehead atoms. The summed E-state index contributed by atoms with van der Waals surface area (Å²) in [5.41, 5.74) is 6.97. The lowest BCUT2D eigenvalue weighted by atomic mass is 10.0. The zero-order valence-electron chi connectivity index (χ0n) is 19.5. The normalized spacial score (nSPS) is 12.6. The lowest BCUT2D eigenvalue weighted by Crippen LogP contribution is -2.56. The van der Waals surface area contributed by atoms with Gasteiger partial charge < -0.3 is 35.9 Å². The molecule has 0 aliphatic carbocycles. The van der Waals surface area contributed by atoms with Gasteiger partial charge in [-0.05, 0) is 31.8 Å². The van der Waals surface area contributed by atoms with Gasteiger partial charge in [0.15, 0.2) is 0 Å². The number of hydrogen-bond donors (Lipinski definition) is 4. The van der Waals surface area contributed by atoms with Crippen molar-refractivity contribution in [2.45, 2.75) is 24.9 Å². The van der Waals surface area contributed by atoms with E-state index in [9.17, 15) is 14.4 Å². The maximum atomic E-state index is 13.1. The van der Waals surface area contributed by atoms with Crippen LogP contribution in [0.3, 0.4) is 0 Å². The van der Waals surface area contributed by atoms with Crippen LogP contribution in [0.4, 0.5) is 4.79 Å². The molecule has 2 rings (SSSR count). The van der Waals surface area contributed by atoms with E-state index >= 15 is 0 Å². The first-order chi connectivity index (χ1) is 15.7. The van der Waals surface area contributed by atoms with Crippen molar-refractivity contribution >= 4 is 17.8 Å². The SMILES string of the molecule is COc1ccc(C[C@H](NC(=O)N(C)CCN(C)C)C(=O)N[C@@H](Cc2cnc[nH]2)C(N)=O)cc1. The molecule has 0 saturated carbocycles. The lowest BCUT2D eigenvalue weighted by molar-refractivity contribution is -0.128. The number of H-pyrrole nitrogens is 1. The first-order valence-corrected chi connectivity index (χ1v) is 10.6. The number of aromatic amines is 1. The molecule has 0 spiro atoms. The number of carbonyl (C=O) groups excluding carboxylic acids is 3. The van der Waals surface area contributed by atoms with Crippen molar-refractivity contribution in [2.24, 2.45) is 5.73 Å². The highest BCUT2D eigenvalue weighted by Gasteiger charge is 2.27. The zero-order chi connectivity index (χ0) is 24.4. The van der Waals surface area contributed by atoms with E-state index in [4.69, 9.17) is 10.5 Å². The number of urea groups is 1. The first kappa shape index (κ1) is 25.7. The number of aromatic nitrogens is 2. The molecule has 0 saturated heterocycles. The molecule has 5 N–H and O–H groups in total. The second-order valence-corrected chi connectivity index (χ2v) is 8.02. The van der Waals surface area contributed by atoms with Gasteiger partial charge in [0.1, 0.15) is 17.8 Å². The molecule has 0 radical (unpaired) electrons. The third-order valence-corrected chi connectivity index (χ3v) is 5.08. The molecule has 0 aliphatic heterocycles. The molecule has 0 fully saturated rings. The summed E-state index contributed by atoms with van der Waals surface area (Å²) in [6.07, 6.45) is 3.41. The van der Waals surface area contributed by atoms with Crippen LogP contribution in [-0.4, -0.2) is 91.0 Å². The fourth-order valence-corrected chi connectivity index (χ4v) is 3.03. The van der Waals surface area contributed by atoms with E-state index in [1.807, 2.05) is 31.1 Å². The van der Waals surface area contributed by atoms with Gasteiger partial charge in [0.2, 0.25) is 11.8 Å². The Morgan fingerprint density at radius 3 is 2.30 bits per heavy atom. The van der Waals surface area contributed by atoms with Gasteiger partial charge in [-0.1, -0.05) is 12.1 Å². The van der Waals surface area contributed by atoms with Gasteiger partial charge in [-0.25, -0.2) is 9.78 Å². The number of nitrogens with zero attached hydrogens (tertiary/aromatic N) is 3. The Morgan fingerprint density at radius 1 is 1.06 bits per heavy atom. The van der Waals surface area contributed by atoms with Crippen LogP contribution in [0.5, 0.6) is 5.75 Å². The number of imidazole rings is 1. The largest absolute Gasteiger partial charge is 0.497 e. The van der Waals surface area contributed by atoms with Gasteiger partial charge >= 0.3 is 6.03 Å². The molecule has 0 aliphatic rings. The molecule has 0 unspecified atom stereocenters. The van der Waals surface area contributed by atoms with Gasteiger partial charge in [0.25, 0.3) is 0 Å². The van der Waals surface area contributed by atoms with E-state index in [0.717, 1.165) is 5.56 Å². The molecule has 1 aromatic heterocycles. The highest BCUT2D eigenvalue weighted by molar-refractivity contribution is 5.91. The van der Waals surface area contributed by atoms with E-state index in [1.165, 1.54) is 11.2 Å². The molecule has 2 aromatic rings. The van der Waals surface area contributed by atoms with Crippen molar-refractivity contribution in [3.05, 3.63) is 48.0 Å². The summed E-state index contributed by atoms with van der Waals surface area (Å²) in [7, 11) is 7.05. The van der Waals surface area contributed by atoms with Gasteiger partial charge in [0.05, 0.1) is 13.4 Å². The Kier molecular flexibility index (Phi) is 9.67. The molecule has 180 valence electrons. The van der Waals surface area contributed by atoms with Gasteiger partial charge in [-0.3, -0.25) is 9.59 Å². The monoisotopic (exact) mass is 459 g/mol. The molecule has 11 heteroatoms. The minimum atomic E-state index is -0.959. The number of likely N-dealkylation sites (N-methyl/N-ethyl adjacent to an activating group) is 2. The number of hydrogen-bond acceptors (Lipinski definition) is 6. The summed E-state index contributed by atoms with van der Waals surface area (Å²) in [6.45, 7) is 1.16. The van der Waals surface area contributed by atoms with E-state index in [-0.39, 0.29) is 12.8 Å². The predicted octanol–water partition coefficient (Wildman–Crippen LogP) is -0.255. The number of methoxy groups -OCH3 is 1. The molecule has 11 nitrogen and oxygen atoms in total. The summed E-state index contributed by atoms with van der Waals surface area (Å²) in [6, 6.07) is 4.92. The van der Waals surface area contributed by atoms with Gasteiger partial charge in [-0.15, -0.1) is 0 Å². The lowest BCUT2D eigenvalue weighted by Gasteiger charge is -2.25. The summed E-state index contributed by atoms with van der Waals surface area (Å²) in [4.78, 5) is 48.1. The number of ether oxygens (including phenoxy) is 1. The molecule has 2 atom stereocenters. The second-order valence-electron chi connectivity index (χ2n) is 8.02. The van der Waals surface area contributed by atoms with Crippen molar-refractivity contribution in [1.82, 2.24) is 30.4 Å². The fraction of sp³-hybridized carbons (Fsp3) is 0.455. The van der Waals surface area contributed by atoms with E-state index in [2.05, 4.69) is 20.6 Å². The van der Waals surface area contributed by atoms with Crippen molar-refractivity contribution in [3.8, 4) is 5.75 Å². The Balaban J connectivity index is 2.15. The molecule has 4 amide bonds. The third kappa shape index (κ3) is 8.45. The quantitative estimate of drug-likeness (QED) is 0.344. The Labute approximate surface area is 193 Å². The van der Waals surface area contributed by atoms with Crippen LogP contribution in [0.1, 0.15) is 11.3 Å². The van der Waals surface area contributed by atoms with Crippen molar-refractivity contribution in [2.75, 3.05) is 41.3 Å². The van der Waals surface area contributed by atoms with E-state index in [1.54, 1.807) is 32.5 Å². The van der Waals surface area contributed by atoms with Crippen LogP contribution < -0.4 is 21.1 Å². The second kappa shape index (κ2) is 12.4. The van der Waals surface area contributed by atoms with Crippen LogP contribution >= 0.6 is 0 Å². The summed E-state index contributed by atoms with van der Waals surface area (Å²) < 4.78 is 5.17. The molecule has 33 heavy (non-hydrogen) atoms. The predicted molar refractivity (Wildman–Crippen MR) is 124 cm³/mol. The van der Waals surface area contributed by atoms with Crippen LogP contribution in [0.25, 0.3) is 0 Å². The maximum Gasteiger partial charge on any atom is 0.317 e. The average Bonchev–Trinajstić information content (AvgIpc) is 3.29.